The molecular formula is C14H31ClN2O3S. The summed E-state index contributed by atoms with van der Waals surface area (Å²) in [5, 5.41) is 2.87. The minimum absolute atomic E-state index is 0. The van der Waals surface area contributed by atoms with Crippen LogP contribution >= 0.6 is 12.4 Å². The van der Waals surface area contributed by atoms with E-state index in [1.165, 1.54) is 0 Å². The van der Waals surface area contributed by atoms with E-state index in [4.69, 9.17) is 5.73 Å². The Morgan fingerprint density at radius 1 is 1.19 bits per heavy atom. The zero-order chi connectivity index (χ0) is 16.0. The van der Waals surface area contributed by atoms with Gasteiger partial charge in [-0.1, -0.05) is 27.7 Å². The first kappa shape index (κ1) is 22.9. The maximum atomic E-state index is 11.9. The van der Waals surface area contributed by atoms with E-state index < -0.39 is 15.4 Å². The summed E-state index contributed by atoms with van der Waals surface area (Å²) < 4.78 is 23.5. The molecule has 21 heavy (non-hydrogen) atoms. The molecule has 0 aliphatic rings. The summed E-state index contributed by atoms with van der Waals surface area (Å²) in [5.74, 6) is 0.275. The molecule has 0 aromatic rings. The Balaban J connectivity index is 0. The highest BCUT2D eigenvalue weighted by Crippen LogP contribution is 2.15. The molecule has 1 unspecified atom stereocenters. The summed E-state index contributed by atoms with van der Waals surface area (Å²) >= 11 is 0. The Bertz CT molecular complexity index is 410. The van der Waals surface area contributed by atoms with Crippen molar-refractivity contribution in [1.82, 2.24) is 5.32 Å². The lowest BCUT2D eigenvalue weighted by molar-refractivity contribution is -0.122. The number of nitrogens with two attached hydrogens (primary N) is 1. The van der Waals surface area contributed by atoms with Gasteiger partial charge in [-0.2, -0.15) is 0 Å². The molecule has 7 heteroatoms. The number of halogens is 1. The smallest absolute Gasteiger partial charge is 0.221 e. The van der Waals surface area contributed by atoms with Gasteiger partial charge in [-0.15, -0.1) is 12.4 Å². The monoisotopic (exact) mass is 342 g/mol. The lowest BCUT2D eigenvalue weighted by Crippen LogP contribution is -2.52. The van der Waals surface area contributed by atoms with Gasteiger partial charge in [0, 0.05) is 18.5 Å². The molecule has 0 aliphatic heterocycles. The molecule has 0 spiro atoms. The van der Waals surface area contributed by atoms with Crippen LogP contribution in [-0.2, 0) is 14.6 Å². The molecule has 0 aromatic carbocycles. The molecule has 1 amide bonds. The van der Waals surface area contributed by atoms with Crippen LogP contribution in [0.5, 0.6) is 0 Å². The topological polar surface area (TPSA) is 89.3 Å². The molecule has 0 bridgehead atoms. The number of nitrogens with one attached hydrogen (secondary N) is 1. The molecule has 3 N–H and O–H groups in total. The van der Waals surface area contributed by atoms with Crippen molar-refractivity contribution in [1.29, 1.82) is 0 Å². The van der Waals surface area contributed by atoms with Crippen LogP contribution in [0.3, 0.4) is 0 Å². The molecule has 0 aliphatic carbocycles. The second-order valence-corrected chi connectivity index (χ2v) is 8.90. The maximum absolute atomic E-state index is 11.9. The lowest BCUT2D eigenvalue weighted by Gasteiger charge is -2.31. The van der Waals surface area contributed by atoms with E-state index in [2.05, 4.69) is 19.2 Å². The van der Waals surface area contributed by atoms with Gasteiger partial charge in [0.15, 0.2) is 9.84 Å². The van der Waals surface area contributed by atoms with Crippen LogP contribution in [0, 0.1) is 11.8 Å². The van der Waals surface area contributed by atoms with Gasteiger partial charge in [0.25, 0.3) is 0 Å². The molecule has 0 saturated heterocycles. The van der Waals surface area contributed by atoms with Crippen LogP contribution < -0.4 is 11.1 Å². The highest BCUT2D eigenvalue weighted by molar-refractivity contribution is 7.91. The van der Waals surface area contributed by atoms with Crippen molar-refractivity contribution in [2.24, 2.45) is 17.6 Å². The number of rotatable bonds is 9. The minimum Gasteiger partial charge on any atom is -0.350 e. The predicted octanol–water partition coefficient (Wildman–Crippen LogP) is 1.75. The van der Waals surface area contributed by atoms with Crippen LogP contribution in [0.2, 0.25) is 0 Å². The van der Waals surface area contributed by atoms with Gasteiger partial charge in [0.2, 0.25) is 5.91 Å². The maximum Gasteiger partial charge on any atom is 0.221 e. The van der Waals surface area contributed by atoms with Gasteiger partial charge in [-0.3, -0.25) is 4.79 Å². The third-order valence-electron chi connectivity index (χ3n) is 2.98. The largest absolute Gasteiger partial charge is 0.350 e. The summed E-state index contributed by atoms with van der Waals surface area (Å²) in [4.78, 5) is 11.9. The quantitative estimate of drug-likeness (QED) is 0.668. The van der Waals surface area contributed by atoms with E-state index in [1.54, 1.807) is 0 Å². The molecular weight excluding hydrogens is 312 g/mol. The summed E-state index contributed by atoms with van der Waals surface area (Å²) in [5.41, 5.74) is 5.25. The molecule has 5 nitrogen and oxygen atoms in total. The van der Waals surface area contributed by atoms with Crippen molar-refractivity contribution in [2.75, 3.05) is 18.1 Å². The van der Waals surface area contributed by atoms with Crippen LogP contribution in [0.25, 0.3) is 0 Å². The van der Waals surface area contributed by atoms with Crippen LogP contribution in [0.1, 0.15) is 47.5 Å². The summed E-state index contributed by atoms with van der Waals surface area (Å²) in [6.45, 7) is 10.1. The van der Waals surface area contributed by atoms with E-state index >= 15 is 0 Å². The van der Waals surface area contributed by atoms with E-state index in [0.717, 1.165) is 6.42 Å². The fourth-order valence-corrected chi connectivity index (χ4v) is 4.00. The Kier molecular flexibility index (Phi) is 10.5. The van der Waals surface area contributed by atoms with E-state index in [9.17, 15) is 13.2 Å². The highest BCUT2D eigenvalue weighted by atomic mass is 35.5. The Morgan fingerprint density at radius 2 is 1.71 bits per heavy atom. The highest BCUT2D eigenvalue weighted by Gasteiger charge is 2.26. The average Bonchev–Trinajstić information content (AvgIpc) is 2.23. The molecule has 0 radical (unpaired) electrons. The zero-order valence-electron chi connectivity index (χ0n) is 13.8. The zero-order valence-corrected chi connectivity index (χ0v) is 15.4. The predicted molar refractivity (Wildman–Crippen MR) is 90.4 cm³/mol. The Hall–Kier alpha value is -0.330. The van der Waals surface area contributed by atoms with Gasteiger partial charge in [0.05, 0.1) is 11.5 Å². The Labute approximate surface area is 135 Å². The number of hydrogen-bond acceptors (Lipinski definition) is 4. The number of amides is 1. The Morgan fingerprint density at radius 3 is 2.10 bits per heavy atom. The third-order valence-corrected chi connectivity index (χ3v) is 4.98. The average molecular weight is 343 g/mol. The molecule has 0 heterocycles. The van der Waals surface area contributed by atoms with Crippen molar-refractivity contribution < 1.29 is 13.2 Å². The fourth-order valence-electron chi connectivity index (χ4n) is 2.32. The van der Waals surface area contributed by atoms with Crippen molar-refractivity contribution in [3.8, 4) is 0 Å². The van der Waals surface area contributed by atoms with E-state index in [0.29, 0.717) is 12.5 Å². The molecule has 0 aromatic heterocycles. The number of hydrogen-bond donors (Lipinski definition) is 2. The van der Waals surface area contributed by atoms with Gasteiger partial charge >= 0.3 is 0 Å². The van der Waals surface area contributed by atoms with Crippen molar-refractivity contribution in [3.05, 3.63) is 0 Å². The van der Waals surface area contributed by atoms with E-state index in [1.807, 2.05) is 20.8 Å². The summed E-state index contributed by atoms with van der Waals surface area (Å²) in [6.07, 6.45) is 0.775. The lowest BCUT2D eigenvalue weighted by atomic mass is 9.90. The van der Waals surface area contributed by atoms with Gasteiger partial charge < -0.3 is 11.1 Å². The van der Waals surface area contributed by atoms with Crippen LogP contribution in [-0.4, -0.2) is 37.9 Å². The third kappa shape index (κ3) is 11.0. The molecule has 0 rings (SSSR count). The van der Waals surface area contributed by atoms with Crippen molar-refractivity contribution in [2.45, 2.75) is 53.0 Å². The minimum atomic E-state index is -3.15. The van der Waals surface area contributed by atoms with Gasteiger partial charge in [-0.05, 0) is 25.2 Å². The number of sulfone groups is 1. The first-order chi connectivity index (χ1) is 8.99. The molecule has 0 saturated carbocycles. The first-order valence-corrected chi connectivity index (χ1v) is 9.03. The number of carbonyl (C=O) groups excluding carboxylic acids is 1. The van der Waals surface area contributed by atoms with E-state index in [-0.39, 0.29) is 42.2 Å². The van der Waals surface area contributed by atoms with Crippen molar-refractivity contribution >= 4 is 28.2 Å². The molecule has 1 atom stereocenters. The second-order valence-electron chi connectivity index (χ2n) is 6.67. The van der Waals surface area contributed by atoms with Gasteiger partial charge in [0.1, 0.15) is 0 Å². The SMILES string of the molecule is CC(C)CC(C)(CN)NC(=O)CCS(=O)(=O)CC(C)C.Cl. The molecule has 128 valence electrons. The first-order valence-electron chi connectivity index (χ1n) is 7.21. The van der Waals surface area contributed by atoms with Crippen molar-refractivity contribution in [3.63, 3.8) is 0 Å². The van der Waals surface area contributed by atoms with Crippen LogP contribution in [0.15, 0.2) is 0 Å². The van der Waals surface area contributed by atoms with Gasteiger partial charge in [-0.25, -0.2) is 8.42 Å². The number of carbonyl (C=O) groups is 1. The fraction of sp³-hybridized carbons (Fsp3) is 0.929. The van der Waals surface area contributed by atoms with Crippen LogP contribution in [0.4, 0.5) is 0 Å². The standard InChI is InChI=1S/C14H30N2O3S.ClH/c1-11(2)8-14(5,10-15)16-13(17)6-7-20(18,19)9-12(3)4;/h11-12H,6-10,15H2,1-5H3,(H,16,17);1H. The molecule has 0 fully saturated rings. The normalized spacial score (nSPS) is 14.7. The second kappa shape index (κ2) is 9.64. The summed E-state index contributed by atoms with van der Waals surface area (Å²) in [7, 11) is -3.15. The summed E-state index contributed by atoms with van der Waals surface area (Å²) in [6, 6.07) is 0.